The number of fused-ring (bicyclic) bond motifs is 2. The van der Waals surface area contributed by atoms with Gasteiger partial charge >= 0.3 is 5.97 Å². The fourth-order valence-corrected chi connectivity index (χ4v) is 4.49. The minimum atomic E-state index is -3.30. The zero-order valence-electron chi connectivity index (χ0n) is 12.8. The summed E-state index contributed by atoms with van der Waals surface area (Å²) in [4.78, 5) is 41.8. The van der Waals surface area contributed by atoms with Gasteiger partial charge in [-0.2, -0.15) is 0 Å². The summed E-state index contributed by atoms with van der Waals surface area (Å²) in [6, 6.07) is 10.2. The van der Waals surface area contributed by atoms with Gasteiger partial charge in [-0.15, -0.1) is 0 Å². The molecule has 4 rings (SSSR count). The molecule has 2 aromatic carbocycles. The molecule has 0 aromatic heterocycles. The van der Waals surface area contributed by atoms with Crippen molar-refractivity contribution >= 4 is 27.6 Å². The van der Waals surface area contributed by atoms with Crippen LogP contribution in [-0.4, -0.2) is 37.0 Å². The number of amides is 2. The van der Waals surface area contributed by atoms with Crippen molar-refractivity contribution in [3.8, 4) is 0 Å². The first-order chi connectivity index (χ1) is 11.9. The second-order valence-electron chi connectivity index (χ2n) is 5.72. The lowest BCUT2D eigenvalue weighted by atomic mass is 10.1. The number of nitrogens with zero attached hydrogens (tertiary/aromatic N) is 1. The molecule has 126 valence electrons. The number of hydrogen-bond acceptors (Lipinski definition) is 6. The summed E-state index contributed by atoms with van der Waals surface area (Å²) in [6.45, 7) is 0. The molecule has 0 bridgehead atoms. The Hall–Kier alpha value is -3.00. The Labute approximate surface area is 142 Å². The number of imide groups is 1. The van der Waals surface area contributed by atoms with Crippen LogP contribution >= 0.6 is 0 Å². The lowest BCUT2D eigenvalue weighted by Crippen LogP contribution is -2.32. The van der Waals surface area contributed by atoms with E-state index >= 15 is 0 Å². The zero-order chi connectivity index (χ0) is 17.8. The van der Waals surface area contributed by atoms with Crippen molar-refractivity contribution in [3.05, 3.63) is 64.7 Å². The first-order valence-electron chi connectivity index (χ1n) is 7.44. The van der Waals surface area contributed by atoms with E-state index in [1.54, 1.807) is 12.1 Å². The highest BCUT2D eigenvalue weighted by molar-refractivity contribution is 7.91. The Morgan fingerprint density at radius 1 is 1.00 bits per heavy atom. The van der Waals surface area contributed by atoms with Crippen LogP contribution < -0.4 is 0 Å². The molecule has 0 unspecified atom stereocenters. The van der Waals surface area contributed by atoms with E-state index < -0.39 is 27.6 Å². The van der Waals surface area contributed by atoms with Crippen LogP contribution in [0, 0.1) is 0 Å². The minimum absolute atomic E-state index is 0.000753. The molecule has 2 aliphatic heterocycles. The normalized spacial score (nSPS) is 17.4. The lowest BCUT2D eigenvalue weighted by molar-refractivity contribution is -0.0584. The van der Waals surface area contributed by atoms with Crippen LogP contribution in [0.5, 0.6) is 0 Å². The van der Waals surface area contributed by atoms with Crippen molar-refractivity contribution in [2.75, 3.05) is 5.75 Å². The van der Waals surface area contributed by atoms with E-state index in [0.717, 1.165) is 0 Å². The third-order valence-corrected chi connectivity index (χ3v) is 6.01. The first-order valence-corrected chi connectivity index (χ1v) is 9.09. The number of benzene rings is 2. The Morgan fingerprint density at radius 3 is 2.28 bits per heavy atom. The highest BCUT2D eigenvalue weighted by Gasteiger charge is 2.39. The number of sulfone groups is 1. The third kappa shape index (κ3) is 2.33. The predicted molar refractivity (Wildman–Crippen MR) is 84.6 cm³/mol. The molecule has 0 radical (unpaired) electrons. The maximum atomic E-state index is 12.3. The van der Waals surface area contributed by atoms with Gasteiger partial charge in [0.1, 0.15) is 0 Å². The van der Waals surface area contributed by atoms with E-state index in [9.17, 15) is 22.8 Å². The molecule has 0 saturated carbocycles. The molecule has 0 fully saturated rings. The smallest absolute Gasteiger partial charge is 0.324 e. The summed E-state index contributed by atoms with van der Waals surface area (Å²) < 4.78 is 23.6. The van der Waals surface area contributed by atoms with Crippen LogP contribution in [0.3, 0.4) is 0 Å². The molecule has 2 aromatic rings. The number of rotatable bonds is 2. The molecular formula is C17H11NO6S. The second-order valence-corrected chi connectivity index (χ2v) is 7.80. The van der Waals surface area contributed by atoms with E-state index in [2.05, 4.69) is 0 Å². The molecule has 0 aliphatic carbocycles. The second kappa shape index (κ2) is 5.25. The van der Waals surface area contributed by atoms with Gasteiger partial charge in [-0.05, 0) is 42.3 Å². The summed E-state index contributed by atoms with van der Waals surface area (Å²) in [6.07, 6.45) is 0.311. The maximum absolute atomic E-state index is 12.3. The summed E-state index contributed by atoms with van der Waals surface area (Å²) in [5.41, 5.74) is 0.935. The quantitative estimate of drug-likeness (QED) is 0.753. The van der Waals surface area contributed by atoms with Crippen LogP contribution in [0.4, 0.5) is 0 Å². The van der Waals surface area contributed by atoms with Gasteiger partial charge in [0, 0.05) is 0 Å². The summed E-state index contributed by atoms with van der Waals surface area (Å²) >= 11 is 0. The van der Waals surface area contributed by atoms with Gasteiger partial charge < -0.3 is 4.84 Å². The average molecular weight is 357 g/mol. The number of carbonyl (C=O) groups is 3. The van der Waals surface area contributed by atoms with E-state index in [-0.39, 0.29) is 27.3 Å². The Kier molecular flexibility index (Phi) is 3.26. The monoisotopic (exact) mass is 357 g/mol. The molecule has 7 nitrogen and oxygen atoms in total. The molecule has 0 saturated heterocycles. The molecule has 0 atom stereocenters. The van der Waals surface area contributed by atoms with Gasteiger partial charge in [-0.25, -0.2) is 13.2 Å². The molecule has 0 spiro atoms. The highest BCUT2D eigenvalue weighted by Crippen LogP contribution is 2.28. The molecule has 8 heteroatoms. The first kappa shape index (κ1) is 15.5. The number of hydrogen-bond donors (Lipinski definition) is 0. The topological polar surface area (TPSA) is 97.8 Å². The lowest BCUT2D eigenvalue weighted by Gasteiger charge is -2.13. The highest BCUT2D eigenvalue weighted by atomic mass is 32.2. The van der Waals surface area contributed by atoms with Crippen molar-refractivity contribution in [1.29, 1.82) is 0 Å². The van der Waals surface area contributed by atoms with Crippen LogP contribution in [0.25, 0.3) is 0 Å². The fourth-order valence-electron chi connectivity index (χ4n) is 2.95. The van der Waals surface area contributed by atoms with Gasteiger partial charge in [0.25, 0.3) is 11.8 Å². The molecule has 2 amide bonds. The predicted octanol–water partition coefficient (Wildman–Crippen LogP) is 1.38. The standard InChI is InChI=1S/C17H11NO6S/c19-15-12-3-1-2-4-13(12)16(20)18(15)24-17(21)11-5-6-14-10(9-11)7-8-25(14,22)23/h1-6,9H,7-8H2. The average Bonchev–Trinajstić information content (AvgIpc) is 3.04. The van der Waals surface area contributed by atoms with Gasteiger partial charge in [0.15, 0.2) is 9.84 Å². The van der Waals surface area contributed by atoms with Crippen LogP contribution in [0.1, 0.15) is 36.6 Å². The fraction of sp³-hybridized carbons (Fsp3) is 0.118. The molecule has 2 heterocycles. The van der Waals surface area contributed by atoms with Crippen molar-refractivity contribution in [2.24, 2.45) is 0 Å². The van der Waals surface area contributed by atoms with Gasteiger partial charge in [-0.3, -0.25) is 9.59 Å². The number of aryl methyl sites for hydroxylation is 1. The third-order valence-electron chi connectivity index (χ3n) is 4.20. The van der Waals surface area contributed by atoms with E-state index in [1.165, 1.54) is 30.3 Å². The molecular weight excluding hydrogens is 346 g/mol. The van der Waals surface area contributed by atoms with Gasteiger partial charge in [0.2, 0.25) is 0 Å². The molecule has 0 N–H and O–H groups in total. The van der Waals surface area contributed by atoms with E-state index in [1.807, 2.05) is 0 Å². The van der Waals surface area contributed by atoms with Gasteiger partial charge in [0.05, 0.1) is 27.3 Å². The van der Waals surface area contributed by atoms with Crippen molar-refractivity contribution in [3.63, 3.8) is 0 Å². The molecule has 25 heavy (non-hydrogen) atoms. The molecule has 2 aliphatic rings. The van der Waals surface area contributed by atoms with Crippen LogP contribution in [-0.2, 0) is 21.1 Å². The van der Waals surface area contributed by atoms with Crippen molar-refractivity contribution in [1.82, 2.24) is 5.06 Å². The van der Waals surface area contributed by atoms with Gasteiger partial charge in [-0.1, -0.05) is 17.2 Å². The zero-order valence-corrected chi connectivity index (χ0v) is 13.6. The van der Waals surface area contributed by atoms with Crippen molar-refractivity contribution < 1.29 is 27.6 Å². The van der Waals surface area contributed by atoms with E-state index in [4.69, 9.17) is 4.84 Å². The number of carbonyl (C=O) groups excluding carboxylic acids is 3. The Bertz CT molecular complexity index is 1020. The van der Waals surface area contributed by atoms with Crippen LogP contribution in [0.15, 0.2) is 47.4 Å². The summed E-state index contributed by atoms with van der Waals surface area (Å²) in [5.74, 6) is -2.32. The van der Waals surface area contributed by atoms with Crippen molar-refractivity contribution in [2.45, 2.75) is 11.3 Å². The largest absolute Gasteiger partial charge is 0.363 e. The summed E-state index contributed by atoms with van der Waals surface area (Å²) in [7, 11) is -3.30. The SMILES string of the molecule is O=C(ON1C(=O)c2ccccc2C1=O)c1ccc2c(c1)CCS2(=O)=O. The summed E-state index contributed by atoms with van der Waals surface area (Å²) in [5, 5.41) is 0.428. The minimum Gasteiger partial charge on any atom is -0.324 e. The maximum Gasteiger partial charge on any atom is 0.363 e. The Balaban J connectivity index is 1.60. The Morgan fingerprint density at radius 2 is 1.64 bits per heavy atom. The van der Waals surface area contributed by atoms with E-state index in [0.29, 0.717) is 17.0 Å². The van der Waals surface area contributed by atoms with Crippen LogP contribution in [0.2, 0.25) is 0 Å². The number of hydroxylamine groups is 2.